The van der Waals surface area contributed by atoms with Gasteiger partial charge in [0.2, 0.25) is 0 Å². The van der Waals surface area contributed by atoms with Crippen LogP contribution in [0, 0.1) is 18.7 Å². The molecule has 0 unspecified atom stereocenters. The summed E-state index contributed by atoms with van der Waals surface area (Å²) in [5.41, 5.74) is 1.25. The highest BCUT2D eigenvalue weighted by Crippen LogP contribution is 2.32. The minimum absolute atomic E-state index is 0.0504. The maximum Gasteiger partial charge on any atom is 0.253 e. The first-order valence-electron chi connectivity index (χ1n) is 6.13. The van der Waals surface area contributed by atoms with Crippen LogP contribution in [0.25, 0.3) is 0 Å². The van der Waals surface area contributed by atoms with E-state index in [2.05, 4.69) is 0 Å². The fourth-order valence-corrected chi connectivity index (χ4v) is 2.85. The summed E-state index contributed by atoms with van der Waals surface area (Å²) in [6.45, 7) is 2.47. The number of hydrogen-bond acceptors (Lipinski definition) is 1. The third-order valence-electron chi connectivity index (χ3n) is 3.48. The van der Waals surface area contributed by atoms with Crippen molar-refractivity contribution in [3.8, 4) is 0 Å². The molecule has 0 radical (unpaired) electrons. The van der Waals surface area contributed by atoms with E-state index in [-0.39, 0.29) is 17.1 Å². The lowest BCUT2D eigenvalue weighted by Gasteiger charge is -2.34. The van der Waals surface area contributed by atoms with Gasteiger partial charge in [-0.15, -0.1) is 11.6 Å². The van der Waals surface area contributed by atoms with Gasteiger partial charge >= 0.3 is 0 Å². The molecule has 0 heterocycles. The fraction of sp³-hybridized carbons (Fsp3) is 0.500. The molecule has 1 aliphatic rings. The van der Waals surface area contributed by atoms with Gasteiger partial charge in [-0.3, -0.25) is 4.79 Å². The van der Waals surface area contributed by atoms with Crippen LogP contribution < -0.4 is 0 Å². The van der Waals surface area contributed by atoms with Crippen molar-refractivity contribution >= 4 is 17.5 Å². The molecule has 0 atom stereocenters. The van der Waals surface area contributed by atoms with Crippen molar-refractivity contribution in [3.05, 3.63) is 35.1 Å². The Hall–Kier alpha value is -1.09. The Morgan fingerprint density at radius 2 is 2.17 bits per heavy atom. The Labute approximate surface area is 112 Å². The number of amides is 1. The van der Waals surface area contributed by atoms with Crippen molar-refractivity contribution in [1.82, 2.24) is 4.90 Å². The number of aryl methyl sites for hydroxylation is 1. The Kier molecular flexibility index (Phi) is 3.91. The molecular weight excluding hydrogens is 253 g/mol. The summed E-state index contributed by atoms with van der Waals surface area (Å²) in [6, 6.07) is 4.26. The summed E-state index contributed by atoms with van der Waals surface area (Å²) < 4.78 is 13.0. The molecule has 1 saturated carbocycles. The third-order valence-corrected chi connectivity index (χ3v) is 3.83. The van der Waals surface area contributed by atoms with Crippen LogP contribution in [-0.2, 0) is 0 Å². The monoisotopic (exact) mass is 269 g/mol. The van der Waals surface area contributed by atoms with Gasteiger partial charge in [-0.25, -0.2) is 4.39 Å². The van der Waals surface area contributed by atoms with E-state index in [0.717, 1.165) is 19.4 Å². The molecule has 2 rings (SSSR count). The largest absolute Gasteiger partial charge is 0.341 e. The Morgan fingerprint density at radius 3 is 2.72 bits per heavy atom. The van der Waals surface area contributed by atoms with E-state index < -0.39 is 0 Å². The van der Waals surface area contributed by atoms with Crippen molar-refractivity contribution in [2.75, 3.05) is 13.6 Å². The highest BCUT2D eigenvalue weighted by Gasteiger charge is 2.29. The molecule has 1 fully saturated rings. The maximum absolute atomic E-state index is 13.0. The van der Waals surface area contributed by atoms with Crippen molar-refractivity contribution in [1.29, 1.82) is 0 Å². The smallest absolute Gasteiger partial charge is 0.253 e. The SMILES string of the molecule is Cc1cc(F)ccc1C(=O)N(C)CC1CC(Cl)C1. The Bertz CT molecular complexity index is 457. The molecule has 4 heteroatoms. The molecule has 18 heavy (non-hydrogen) atoms. The van der Waals surface area contributed by atoms with E-state index in [1.165, 1.54) is 12.1 Å². The van der Waals surface area contributed by atoms with Crippen LogP contribution in [0.15, 0.2) is 18.2 Å². The molecule has 0 N–H and O–H groups in total. The third kappa shape index (κ3) is 2.83. The lowest BCUT2D eigenvalue weighted by atomic mass is 9.84. The number of carbonyl (C=O) groups is 1. The lowest BCUT2D eigenvalue weighted by Crippen LogP contribution is -2.38. The first kappa shape index (κ1) is 13.3. The number of carbonyl (C=O) groups excluding carboxylic acids is 1. The van der Waals surface area contributed by atoms with Gasteiger partial charge in [0.1, 0.15) is 5.82 Å². The van der Waals surface area contributed by atoms with Crippen LogP contribution in [-0.4, -0.2) is 29.8 Å². The molecule has 0 bridgehead atoms. The molecule has 0 spiro atoms. The van der Waals surface area contributed by atoms with E-state index in [9.17, 15) is 9.18 Å². The Morgan fingerprint density at radius 1 is 1.50 bits per heavy atom. The van der Waals surface area contributed by atoms with Crippen LogP contribution in [0.2, 0.25) is 0 Å². The average molecular weight is 270 g/mol. The summed E-state index contributed by atoms with van der Waals surface area (Å²) in [5.74, 6) is 0.142. The molecule has 1 aromatic carbocycles. The second-order valence-electron chi connectivity index (χ2n) is 5.08. The van der Waals surface area contributed by atoms with Crippen molar-refractivity contribution < 1.29 is 9.18 Å². The van der Waals surface area contributed by atoms with Crippen molar-refractivity contribution in [2.24, 2.45) is 5.92 Å². The van der Waals surface area contributed by atoms with Gasteiger partial charge in [-0.1, -0.05) is 0 Å². The molecule has 1 amide bonds. The zero-order valence-corrected chi connectivity index (χ0v) is 11.4. The van der Waals surface area contributed by atoms with Gasteiger partial charge in [-0.2, -0.15) is 0 Å². The average Bonchev–Trinajstić information content (AvgIpc) is 2.26. The van der Waals surface area contributed by atoms with Crippen molar-refractivity contribution in [2.45, 2.75) is 25.1 Å². The van der Waals surface area contributed by atoms with Crippen LogP contribution in [0.1, 0.15) is 28.8 Å². The van der Waals surface area contributed by atoms with Gasteiger partial charge in [0.25, 0.3) is 5.91 Å². The molecule has 0 aliphatic heterocycles. The zero-order chi connectivity index (χ0) is 13.3. The summed E-state index contributed by atoms with van der Waals surface area (Å²) in [6.07, 6.45) is 1.95. The normalized spacial score (nSPS) is 22.4. The molecule has 1 aromatic rings. The van der Waals surface area contributed by atoms with Crippen LogP contribution in [0.5, 0.6) is 0 Å². The summed E-state index contributed by atoms with van der Waals surface area (Å²) in [7, 11) is 1.78. The number of nitrogens with zero attached hydrogens (tertiary/aromatic N) is 1. The second kappa shape index (κ2) is 5.27. The van der Waals surface area contributed by atoms with E-state index in [0.29, 0.717) is 17.0 Å². The van der Waals surface area contributed by atoms with Crippen LogP contribution in [0.3, 0.4) is 0 Å². The number of halogens is 2. The molecule has 2 nitrogen and oxygen atoms in total. The molecule has 0 aromatic heterocycles. The van der Waals surface area contributed by atoms with Gasteiger partial charge in [0.15, 0.2) is 0 Å². The minimum atomic E-state index is -0.310. The quantitative estimate of drug-likeness (QED) is 0.772. The summed E-state index contributed by atoms with van der Waals surface area (Å²) in [5, 5.41) is 0.269. The Balaban J connectivity index is 2.01. The van der Waals surface area contributed by atoms with Crippen LogP contribution in [0.4, 0.5) is 4.39 Å². The number of benzene rings is 1. The van der Waals surface area contributed by atoms with Gasteiger partial charge in [0, 0.05) is 24.5 Å². The maximum atomic E-state index is 13.0. The van der Waals surface area contributed by atoms with Gasteiger partial charge in [-0.05, 0) is 49.4 Å². The molecule has 0 saturated heterocycles. The predicted octanol–water partition coefficient (Wildman–Crippen LogP) is 3.22. The van der Waals surface area contributed by atoms with E-state index in [1.807, 2.05) is 0 Å². The number of alkyl halides is 1. The topological polar surface area (TPSA) is 20.3 Å². The predicted molar refractivity (Wildman–Crippen MR) is 70.5 cm³/mol. The summed E-state index contributed by atoms with van der Waals surface area (Å²) in [4.78, 5) is 13.9. The van der Waals surface area contributed by atoms with E-state index >= 15 is 0 Å². The first-order valence-corrected chi connectivity index (χ1v) is 6.56. The first-order chi connectivity index (χ1) is 8.47. The zero-order valence-electron chi connectivity index (χ0n) is 10.6. The van der Waals surface area contributed by atoms with Crippen molar-refractivity contribution in [3.63, 3.8) is 0 Å². The van der Waals surface area contributed by atoms with E-state index in [1.54, 1.807) is 24.9 Å². The number of hydrogen-bond donors (Lipinski definition) is 0. The fourth-order valence-electron chi connectivity index (χ4n) is 2.35. The standard InChI is InChI=1S/C14H17ClFNO/c1-9-5-12(16)3-4-13(9)14(18)17(2)8-10-6-11(15)7-10/h3-5,10-11H,6-8H2,1-2H3. The molecular formula is C14H17ClFNO. The lowest BCUT2D eigenvalue weighted by molar-refractivity contribution is 0.0746. The highest BCUT2D eigenvalue weighted by molar-refractivity contribution is 6.21. The summed E-state index contributed by atoms with van der Waals surface area (Å²) >= 11 is 5.92. The highest BCUT2D eigenvalue weighted by atomic mass is 35.5. The van der Waals surface area contributed by atoms with Gasteiger partial charge < -0.3 is 4.90 Å². The van der Waals surface area contributed by atoms with Crippen LogP contribution >= 0.6 is 11.6 Å². The minimum Gasteiger partial charge on any atom is -0.341 e. The second-order valence-corrected chi connectivity index (χ2v) is 5.70. The van der Waals surface area contributed by atoms with Gasteiger partial charge in [0.05, 0.1) is 0 Å². The number of rotatable bonds is 3. The molecule has 1 aliphatic carbocycles. The molecule has 98 valence electrons. The van der Waals surface area contributed by atoms with E-state index in [4.69, 9.17) is 11.6 Å².